The average molecular weight is 430 g/mol. The van der Waals surface area contributed by atoms with Crippen molar-refractivity contribution in [3.8, 4) is 0 Å². The Balaban J connectivity index is 1.77. The summed E-state index contributed by atoms with van der Waals surface area (Å²) >= 11 is 0. The number of aryl methyl sites for hydroxylation is 2. The highest BCUT2D eigenvalue weighted by Crippen LogP contribution is 2.26. The number of piperazine rings is 1. The summed E-state index contributed by atoms with van der Waals surface area (Å²) in [4.78, 5) is 14.8. The Morgan fingerprint density at radius 3 is 2.37 bits per heavy atom. The molecule has 0 aromatic heterocycles. The average Bonchev–Trinajstić information content (AvgIpc) is 2.74. The van der Waals surface area contributed by atoms with Crippen LogP contribution in [0.5, 0.6) is 0 Å². The summed E-state index contributed by atoms with van der Waals surface area (Å²) in [5.74, 6) is -0.230. The van der Waals surface area contributed by atoms with Crippen LogP contribution in [0.4, 0.5) is 5.69 Å². The molecule has 6 nitrogen and oxygen atoms in total. The Hall–Kier alpha value is -2.38. The molecule has 2 aromatic carbocycles. The molecule has 1 aliphatic heterocycles. The molecule has 162 valence electrons. The summed E-state index contributed by atoms with van der Waals surface area (Å²) < 4.78 is 28.0. The van der Waals surface area contributed by atoms with Gasteiger partial charge in [0.15, 0.2) is 0 Å². The molecule has 0 saturated carbocycles. The molecular weight excluding hydrogens is 398 g/mol. The van der Waals surface area contributed by atoms with Crippen molar-refractivity contribution >= 4 is 21.6 Å². The quantitative estimate of drug-likeness (QED) is 0.765. The lowest BCUT2D eigenvalue weighted by atomic mass is 10.1. The number of carbonyl (C=O) groups is 1. The van der Waals surface area contributed by atoms with Crippen molar-refractivity contribution in [2.45, 2.75) is 39.0 Å². The fourth-order valence-electron chi connectivity index (χ4n) is 3.74. The molecule has 1 aliphatic rings. The zero-order valence-electron chi connectivity index (χ0n) is 18.2. The first kappa shape index (κ1) is 22.3. The molecule has 1 amide bonds. The van der Waals surface area contributed by atoms with Gasteiger partial charge in [-0.15, -0.1) is 0 Å². The fourth-order valence-corrected chi connectivity index (χ4v) is 5.19. The number of rotatable bonds is 6. The molecule has 0 radical (unpaired) electrons. The highest BCUT2D eigenvalue weighted by Gasteiger charge is 2.29. The number of hydrogen-bond donors (Lipinski definition) is 1. The summed E-state index contributed by atoms with van der Waals surface area (Å²) in [6.45, 7) is 10.7. The number of nitrogens with zero attached hydrogens (tertiary/aromatic N) is 2. The molecule has 3 rings (SSSR count). The molecule has 0 aliphatic carbocycles. The second-order valence-corrected chi connectivity index (χ2v) is 9.78. The van der Waals surface area contributed by atoms with E-state index in [1.165, 1.54) is 21.5 Å². The molecule has 0 bridgehead atoms. The van der Waals surface area contributed by atoms with Gasteiger partial charge in [-0.25, -0.2) is 8.42 Å². The summed E-state index contributed by atoms with van der Waals surface area (Å²) in [6, 6.07) is 11.0. The molecule has 0 atom stereocenters. The predicted octanol–water partition coefficient (Wildman–Crippen LogP) is 3.26. The van der Waals surface area contributed by atoms with Crippen LogP contribution in [0.3, 0.4) is 0 Å². The van der Waals surface area contributed by atoms with Gasteiger partial charge in [0.25, 0.3) is 5.91 Å². The topological polar surface area (TPSA) is 69.7 Å². The van der Waals surface area contributed by atoms with Gasteiger partial charge in [0.1, 0.15) is 0 Å². The Labute approximate surface area is 179 Å². The van der Waals surface area contributed by atoms with Crippen LogP contribution in [-0.2, 0) is 10.0 Å². The third kappa shape index (κ3) is 4.52. The van der Waals surface area contributed by atoms with Crippen molar-refractivity contribution in [3.05, 3.63) is 58.7 Å². The second-order valence-electron chi connectivity index (χ2n) is 7.84. The van der Waals surface area contributed by atoms with Crippen molar-refractivity contribution in [1.82, 2.24) is 9.62 Å². The lowest BCUT2D eigenvalue weighted by Gasteiger charge is -2.36. The number of hydrogen-bond acceptors (Lipinski definition) is 4. The fraction of sp³-hybridized carbons (Fsp3) is 0.435. The van der Waals surface area contributed by atoms with Gasteiger partial charge in [-0.2, -0.15) is 4.31 Å². The highest BCUT2D eigenvalue weighted by molar-refractivity contribution is 7.89. The molecule has 1 saturated heterocycles. The van der Waals surface area contributed by atoms with E-state index in [0.717, 1.165) is 17.7 Å². The summed E-state index contributed by atoms with van der Waals surface area (Å²) in [5, 5.41) is 2.83. The lowest BCUT2D eigenvalue weighted by Crippen LogP contribution is -2.48. The van der Waals surface area contributed by atoms with Crippen LogP contribution in [0, 0.1) is 20.8 Å². The SMILES string of the molecule is CCCNC(=O)c1cc(S(=O)(=O)N2CCN(c3cccc(C)c3C)CC2)ccc1C. The lowest BCUT2D eigenvalue weighted by molar-refractivity contribution is 0.0953. The minimum atomic E-state index is -3.65. The second kappa shape index (κ2) is 9.18. The molecule has 1 fully saturated rings. The van der Waals surface area contributed by atoms with E-state index in [-0.39, 0.29) is 10.8 Å². The summed E-state index contributed by atoms with van der Waals surface area (Å²) in [5.41, 5.74) is 4.81. The van der Waals surface area contributed by atoms with Crippen LogP contribution < -0.4 is 10.2 Å². The van der Waals surface area contributed by atoms with Gasteiger partial charge in [0.05, 0.1) is 4.90 Å². The first-order valence-electron chi connectivity index (χ1n) is 10.5. The van der Waals surface area contributed by atoms with Crippen molar-refractivity contribution in [3.63, 3.8) is 0 Å². The molecule has 30 heavy (non-hydrogen) atoms. The van der Waals surface area contributed by atoms with Crippen LogP contribution in [0.1, 0.15) is 40.4 Å². The Morgan fingerprint density at radius 2 is 1.70 bits per heavy atom. The summed E-state index contributed by atoms with van der Waals surface area (Å²) in [7, 11) is -3.65. The van der Waals surface area contributed by atoms with Crippen LogP contribution in [0.15, 0.2) is 41.3 Å². The number of carbonyl (C=O) groups excluding carboxylic acids is 1. The maximum Gasteiger partial charge on any atom is 0.251 e. The first-order chi connectivity index (χ1) is 14.3. The number of amides is 1. The van der Waals surface area contributed by atoms with E-state index < -0.39 is 10.0 Å². The van der Waals surface area contributed by atoms with E-state index in [1.807, 2.05) is 19.9 Å². The smallest absolute Gasteiger partial charge is 0.251 e. The zero-order chi connectivity index (χ0) is 21.9. The Morgan fingerprint density at radius 1 is 1.00 bits per heavy atom. The number of benzene rings is 2. The Kier molecular flexibility index (Phi) is 6.83. The highest BCUT2D eigenvalue weighted by atomic mass is 32.2. The molecule has 2 aromatic rings. The number of nitrogens with one attached hydrogen (secondary N) is 1. The minimum Gasteiger partial charge on any atom is -0.369 e. The van der Waals surface area contributed by atoms with E-state index in [9.17, 15) is 13.2 Å². The van der Waals surface area contributed by atoms with Gasteiger partial charge >= 0.3 is 0 Å². The Bertz CT molecular complexity index is 1030. The normalized spacial score (nSPS) is 15.3. The standard InChI is InChI=1S/C23H31N3O3S/c1-5-11-24-23(27)21-16-20(10-9-18(21)3)30(28,29)26-14-12-25(13-15-26)22-8-6-7-17(2)19(22)4/h6-10,16H,5,11-15H2,1-4H3,(H,24,27). The van der Waals surface area contributed by atoms with Crippen LogP contribution in [0.25, 0.3) is 0 Å². The van der Waals surface area contributed by atoms with E-state index >= 15 is 0 Å². The largest absolute Gasteiger partial charge is 0.369 e. The van der Waals surface area contributed by atoms with Gasteiger partial charge in [0.2, 0.25) is 10.0 Å². The minimum absolute atomic E-state index is 0.176. The van der Waals surface area contributed by atoms with Crippen molar-refractivity contribution in [2.75, 3.05) is 37.6 Å². The van der Waals surface area contributed by atoms with Crippen LogP contribution >= 0.6 is 0 Å². The monoisotopic (exact) mass is 429 g/mol. The maximum absolute atomic E-state index is 13.2. The zero-order valence-corrected chi connectivity index (χ0v) is 19.1. The van der Waals surface area contributed by atoms with Crippen LogP contribution in [0.2, 0.25) is 0 Å². The van der Waals surface area contributed by atoms with Crippen molar-refractivity contribution in [2.24, 2.45) is 0 Å². The molecule has 1 heterocycles. The van der Waals surface area contributed by atoms with Gasteiger partial charge in [-0.05, 0) is 62.1 Å². The van der Waals surface area contributed by atoms with Gasteiger partial charge in [0, 0.05) is 44.0 Å². The van der Waals surface area contributed by atoms with Gasteiger partial charge in [-0.3, -0.25) is 4.79 Å². The third-order valence-corrected chi connectivity index (χ3v) is 7.68. The van der Waals surface area contributed by atoms with E-state index in [2.05, 4.69) is 36.2 Å². The predicted molar refractivity (Wildman–Crippen MR) is 121 cm³/mol. The van der Waals surface area contributed by atoms with Crippen LogP contribution in [-0.4, -0.2) is 51.4 Å². The molecular formula is C23H31N3O3S. The number of anilines is 1. The van der Waals surface area contributed by atoms with E-state index in [4.69, 9.17) is 0 Å². The molecule has 7 heteroatoms. The van der Waals surface area contributed by atoms with Crippen molar-refractivity contribution in [1.29, 1.82) is 0 Å². The first-order valence-corrected chi connectivity index (χ1v) is 11.9. The van der Waals surface area contributed by atoms with E-state index in [1.54, 1.807) is 12.1 Å². The van der Waals surface area contributed by atoms with E-state index in [0.29, 0.717) is 38.3 Å². The van der Waals surface area contributed by atoms with Crippen molar-refractivity contribution < 1.29 is 13.2 Å². The molecule has 0 unspecified atom stereocenters. The molecule has 1 N–H and O–H groups in total. The maximum atomic E-state index is 13.2. The van der Waals surface area contributed by atoms with Gasteiger partial charge < -0.3 is 10.2 Å². The third-order valence-electron chi connectivity index (χ3n) is 5.78. The van der Waals surface area contributed by atoms with Gasteiger partial charge in [-0.1, -0.05) is 25.1 Å². The molecule has 0 spiro atoms. The number of sulfonamides is 1. The summed E-state index contributed by atoms with van der Waals surface area (Å²) in [6.07, 6.45) is 0.827.